The molecule has 90 valence electrons. The van der Waals surface area contributed by atoms with Crippen molar-refractivity contribution in [1.82, 2.24) is 30.5 Å². The molecule has 0 spiro atoms. The van der Waals surface area contributed by atoms with E-state index >= 15 is 0 Å². The number of aromatic nitrogens is 5. The van der Waals surface area contributed by atoms with Crippen LogP contribution >= 0.6 is 11.6 Å². The SMILES string of the molecule is Cn1nccc1-c1n[nH]nc1CNC(=O)CCl. The van der Waals surface area contributed by atoms with E-state index in [9.17, 15) is 4.79 Å². The van der Waals surface area contributed by atoms with Crippen LogP contribution in [0.4, 0.5) is 0 Å². The van der Waals surface area contributed by atoms with Crippen LogP contribution in [0.5, 0.6) is 0 Å². The molecule has 1 amide bonds. The highest BCUT2D eigenvalue weighted by atomic mass is 35.5. The number of hydrogen-bond acceptors (Lipinski definition) is 4. The third-order valence-electron chi connectivity index (χ3n) is 2.26. The molecule has 0 radical (unpaired) electrons. The minimum absolute atomic E-state index is 0.0705. The molecule has 0 aliphatic carbocycles. The topological polar surface area (TPSA) is 88.5 Å². The van der Waals surface area contributed by atoms with E-state index < -0.39 is 0 Å². The predicted molar refractivity (Wildman–Crippen MR) is 61.2 cm³/mol. The number of carbonyl (C=O) groups excluding carboxylic acids is 1. The van der Waals surface area contributed by atoms with E-state index in [0.717, 1.165) is 5.69 Å². The van der Waals surface area contributed by atoms with Crippen LogP contribution in [0.3, 0.4) is 0 Å². The fourth-order valence-corrected chi connectivity index (χ4v) is 1.51. The Morgan fingerprint density at radius 2 is 2.41 bits per heavy atom. The van der Waals surface area contributed by atoms with Crippen molar-refractivity contribution in [3.05, 3.63) is 18.0 Å². The first-order chi connectivity index (χ1) is 8.22. The van der Waals surface area contributed by atoms with E-state index in [-0.39, 0.29) is 18.3 Å². The molecule has 0 fully saturated rings. The Kier molecular flexibility index (Phi) is 3.38. The number of carbonyl (C=O) groups is 1. The highest BCUT2D eigenvalue weighted by Crippen LogP contribution is 2.17. The summed E-state index contributed by atoms with van der Waals surface area (Å²) in [7, 11) is 1.81. The van der Waals surface area contributed by atoms with Crippen molar-refractivity contribution in [2.75, 3.05) is 5.88 Å². The third-order valence-corrected chi connectivity index (χ3v) is 2.50. The van der Waals surface area contributed by atoms with Crippen LogP contribution < -0.4 is 5.32 Å². The summed E-state index contributed by atoms with van der Waals surface area (Å²) in [6.07, 6.45) is 1.67. The summed E-state index contributed by atoms with van der Waals surface area (Å²) < 4.78 is 1.69. The number of aromatic amines is 1. The Hall–Kier alpha value is -1.89. The van der Waals surface area contributed by atoms with Gasteiger partial charge >= 0.3 is 0 Å². The molecule has 0 bridgehead atoms. The van der Waals surface area contributed by atoms with Gasteiger partial charge in [-0.05, 0) is 6.07 Å². The van der Waals surface area contributed by atoms with Gasteiger partial charge < -0.3 is 5.32 Å². The summed E-state index contributed by atoms with van der Waals surface area (Å²) in [5.41, 5.74) is 2.14. The average Bonchev–Trinajstić information content (AvgIpc) is 2.93. The van der Waals surface area contributed by atoms with Gasteiger partial charge in [0.25, 0.3) is 0 Å². The van der Waals surface area contributed by atoms with Crippen LogP contribution in [0, 0.1) is 0 Å². The number of nitrogens with one attached hydrogen (secondary N) is 2. The highest BCUT2D eigenvalue weighted by molar-refractivity contribution is 6.27. The van der Waals surface area contributed by atoms with Gasteiger partial charge in [-0.15, -0.1) is 11.6 Å². The molecule has 2 heterocycles. The molecule has 0 aliphatic heterocycles. The van der Waals surface area contributed by atoms with Gasteiger partial charge in [-0.1, -0.05) is 0 Å². The second-order valence-corrected chi connectivity index (χ2v) is 3.64. The van der Waals surface area contributed by atoms with Crippen LogP contribution in [0.15, 0.2) is 12.3 Å². The van der Waals surface area contributed by atoms with Crippen molar-refractivity contribution < 1.29 is 4.79 Å². The van der Waals surface area contributed by atoms with Gasteiger partial charge in [0.2, 0.25) is 5.91 Å². The number of nitrogens with zero attached hydrogens (tertiary/aromatic N) is 4. The second kappa shape index (κ2) is 4.96. The predicted octanol–water partition coefficient (Wildman–Crippen LogP) is 0.0602. The molecule has 0 aromatic carbocycles. The Morgan fingerprint density at radius 3 is 3.06 bits per heavy atom. The fourth-order valence-electron chi connectivity index (χ4n) is 1.42. The molecule has 0 saturated carbocycles. The number of halogens is 1. The molecule has 2 aromatic heterocycles. The zero-order chi connectivity index (χ0) is 12.3. The van der Waals surface area contributed by atoms with Gasteiger partial charge in [0.1, 0.15) is 17.3 Å². The first-order valence-corrected chi connectivity index (χ1v) is 5.46. The monoisotopic (exact) mass is 254 g/mol. The van der Waals surface area contributed by atoms with E-state index in [2.05, 4.69) is 25.8 Å². The van der Waals surface area contributed by atoms with Crippen molar-refractivity contribution in [3.8, 4) is 11.4 Å². The van der Waals surface area contributed by atoms with Gasteiger partial charge in [-0.3, -0.25) is 9.48 Å². The van der Waals surface area contributed by atoms with Gasteiger partial charge in [0.05, 0.1) is 12.2 Å². The maximum Gasteiger partial charge on any atom is 0.235 e. The van der Waals surface area contributed by atoms with Crippen LogP contribution in [0.2, 0.25) is 0 Å². The minimum atomic E-state index is -0.245. The summed E-state index contributed by atoms with van der Waals surface area (Å²) in [6.45, 7) is 0.280. The summed E-state index contributed by atoms with van der Waals surface area (Å²) in [4.78, 5) is 11.1. The molecular formula is C9H11ClN6O. The summed E-state index contributed by atoms with van der Waals surface area (Å²) >= 11 is 5.39. The molecule has 8 heteroatoms. The molecule has 2 aromatic rings. The standard InChI is InChI=1S/C9H11ClN6O/c1-16-7(2-3-12-16)9-6(13-15-14-9)5-11-8(17)4-10/h2-3H,4-5H2,1H3,(H,11,17)(H,13,14,15). The Bertz CT molecular complexity index is 519. The van der Waals surface area contributed by atoms with Gasteiger partial charge in [-0.2, -0.15) is 20.5 Å². The summed E-state index contributed by atoms with van der Waals surface area (Å²) in [6, 6.07) is 1.82. The largest absolute Gasteiger partial charge is 0.349 e. The number of alkyl halides is 1. The van der Waals surface area contributed by atoms with Crippen LogP contribution in [0.25, 0.3) is 11.4 Å². The quantitative estimate of drug-likeness (QED) is 0.755. The lowest BCUT2D eigenvalue weighted by Gasteiger charge is -2.02. The zero-order valence-corrected chi connectivity index (χ0v) is 9.90. The van der Waals surface area contributed by atoms with Crippen LogP contribution in [0.1, 0.15) is 5.69 Å². The van der Waals surface area contributed by atoms with Crippen LogP contribution in [-0.4, -0.2) is 37.0 Å². The van der Waals surface area contributed by atoms with Gasteiger partial charge in [0, 0.05) is 13.2 Å². The normalized spacial score (nSPS) is 10.5. The second-order valence-electron chi connectivity index (χ2n) is 3.37. The highest BCUT2D eigenvalue weighted by Gasteiger charge is 2.13. The van der Waals surface area contributed by atoms with Crippen molar-refractivity contribution in [3.63, 3.8) is 0 Å². The van der Waals surface area contributed by atoms with E-state index in [1.54, 1.807) is 10.9 Å². The maximum absolute atomic E-state index is 11.1. The molecule has 2 rings (SSSR count). The minimum Gasteiger partial charge on any atom is -0.349 e. The van der Waals surface area contributed by atoms with Crippen molar-refractivity contribution >= 4 is 17.5 Å². The molecule has 0 atom stereocenters. The first-order valence-electron chi connectivity index (χ1n) is 4.93. The lowest BCUT2D eigenvalue weighted by Crippen LogP contribution is -2.24. The average molecular weight is 255 g/mol. The maximum atomic E-state index is 11.1. The number of hydrogen-bond donors (Lipinski definition) is 2. The number of amides is 1. The fraction of sp³-hybridized carbons (Fsp3) is 0.333. The Labute approximate surface area is 102 Å². The first kappa shape index (κ1) is 11.6. The Balaban J connectivity index is 2.18. The molecule has 17 heavy (non-hydrogen) atoms. The summed E-state index contributed by atoms with van der Waals surface area (Å²) in [5, 5.41) is 17.2. The molecule has 2 N–H and O–H groups in total. The number of rotatable bonds is 4. The smallest absolute Gasteiger partial charge is 0.235 e. The lowest BCUT2D eigenvalue weighted by molar-refractivity contribution is -0.118. The third kappa shape index (κ3) is 2.44. The molecule has 0 saturated heterocycles. The zero-order valence-electron chi connectivity index (χ0n) is 9.14. The van der Waals surface area contributed by atoms with Crippen LogP contribution in [-0.2, 0) is 18.4 Å². The van der Waals surface area contributed by atoms with E-state index in [4.69, 9.17) is 11.6 Å². The van der Waals surface area contributed by atoms with E-state index in [1.807, 2.05) is 13.1 Å². The Morgan fingerprint density at radius 1 is 1.59 bits per heavy atom. The van der Waals surface area contributed by atoms with Gasteiger partial charge in [0.15, 0.2) is 0 Å². The number of aryl methyl sites for hydroxylation is 1. The number of H-pyrrole nitrogens is 1. The summed E-state index contributed by atoms with van der Waals surface area (Å²) in [5.74, 6) is -0.315. The van der Waals surface area contributed by atoms with Gasteiger partial charge in [-0.25, -0.2) is 0 Å². The lowest BCUT2D eigenvalue weighted by atomic mass is 10.2. The molecule has 7 nitrogen and oxygen atoms in total. The molecule has 0 unspecified atom stereocenters. The molecule has 0 aliphatic rings. The van der Waals surface area contributed by atoms with Crippen molar-refractivity contribution in [2.24, 2.45) is 7.05 Å². The van der Waals surface area contributed by atoms with Crippen molar-refractivity contribution in [1.29, 1.82) is 0 Å². The molecular weight excluding hydrogens is 244 g/mol. The van der Waals surface area contributed by atoms with Crippen molar-refractivity contribution in [2.45, 2.75) is 6.54 Å². The van der Waals surface area contributed by atoms with E-state index in [0.29, 0.717) is 11.4 Å². The van der Waals surface area contributed by atoms with E-state index in [1.165, 1.54) is 0 Å².